The van der Waals surface area contributed by atoms with Crippen LogP contribution in [-0.2, 0) is 5.41 Å². The van der Waals surface area contributed by atoms with Crippen LogP contribution in [0.2, 0.25) is 0 Å². The third-order valence-electron chi connectivity index (χ3n) is 13.6. The highest BCUT2D eigenvalue weighted by molar-refractivity contribution is 6.07. The van der Waals surface area contributed by atoms with Crippen molar-refractivity contribution in [2.45, 2.75) is 5.41 Å². The lowest BCUT2D eigenvalue weighted by Gasteiger charge is -2.39. The molecule has 0 saturated carbocycles. The Bertz CT molecular complexity index is 3880. The number of fused-ring (bicyclic) bond motifs is 12. The van der Waals surface area contributed by atoms with E-state index in [1.165, 1.54) is 5.56 Å². The van der Waals surface area contributed by atoms with Crippen molar-refractivity contribution in [3.05, 3.63) is 247 Å². The molecule has 69 heavy (non-hydrogen) atoms. The van der Waals surface area contributed by atoms with Crippen LogP contribution in [0.5, 0.6) is 11.5 Å². The van der Waals surface area contributed by atoms with Crippen molar-refractivity contribution in [1.29, 1.82) is 0 Å². The summed E-state index contributed by atoms with van der Waals surface area (Å²) in [6.07, 6.45) is 0. The van der Waals surface area contributed by atoms with Crippen molar-refractivity contribution in [2.24, 2.45) is 0 Å². The first-order valence-corrected chi connectivity index (χ1v) is 23.1. The minimum atomic E-state index is -0.732. The van der Waals surface area contributed by atoms with Gasteiger partial charge in [0.2, 0.25) is 0 Å². The zero-order valence-corrected chi connectivity index (χ0v) is 36.9. The lowest BCUT2D eigenvalue weighted by molar-refractivity contribution is 0.436. The van der Waals surface area contributed by atoms with Crippen LogP contribution in [0.15, 0.2) is 229 Å². The molecular formula is C62H37N5O2. The fourth-order valence-electron chi connectivity index (χ4n) is 10.6. The van der Waals surface area contributed by atoms with Gasteiger partial charge >= 0.3 is 0 Å². The summed E-state index contributed by atoms with van der Waals surface area (Å²) < 4.78 is 13.1. The quantitative estimate of drug-likeness (QED) is 0.164. The fourth-order valence-corrected chi connectivity index (χ4v) is 10.6. The molecule has 14 rings (SSSR count). The van der Waals surface area contributed by atoms with E-state index in [2.05, 4.69) is 115 Å². The molecule has 4 heterocycles. The van der Waals surface area contributed by atoms with Crippen molar-refractivity contribution in [1.82, 2.24) is 24.9 Å². The molecule has 322 valence electrons. The first kappa shape index (κ1) is 38.9. The Morgan fingerprint density at radius 3 is 1.51 bits per heavy atom. The van der Waals surface area contributed by atoms with E-state index in [-0.39, 0.29) is 0 Å². The third-order valence-corrected chi connectivity index (χ3v) is 13.6. The van der Waals surface area contributed by atoms with Crippen molar-refractivity contribution in [3.8, 4) is 90.6 Å². The number of ether oxygens (including phenoxy) is 1. The number of hydrogen-bond acceptors (Lipinski definition) is 7. The topological polar surface area (TPSA) is 86.8 Å². The normalized spacial score (nSPS) is 12.9. The van der Waals surface area contributed by atoms with Gasteiger partial charge in [0.05, 0.1) is 5.41 Å². The van der Waals surface area contributed by atoms with Gasteiger partial charge in [-0.2, -0.15) is 0 Å². The molecule has 1 aliphatic heterocycles. The Labute approximate surface area is 397 Å². The Morgan fingerprint density at radius 2 is 0.841 bits per heavy atom. The Kier molecular flexibility index (Phi) is 8.66. The predicted molar refractivity (Wildman–Crippen MR) is 273 cm³/mol. The summed E-state index contributed by atoms with van der Waals surface area (Å²) in [5, 5.41) is 0.959. The van der Waals surface area contributed by atoms with Crippen molar-refractivity contribution in [2.75, 3.05) is 0 Å². The molecule has 0 bridgehead atoms. The van der Waals surface area contributed by atoms with Gasteiger partial charge in [0.25, 0.3) is 0 Å². The van der Waals surface area contributed by atoms with E-state index >= 15 is 0 Å². The van der Waals surface area contributed by atoms with Gasteiger partial charge in [-0.15, -0.1) is 0 Å². The van der Waals surface area contributed by atoms with E-state index in [4.69, 9.17) is 34.1 Å². The van der Waals surface area contributed by atoms with Crippen molar-refractivity contribution >= 4 is 22.1 Å². The molecule has 0 amide bonds. The maximum Gasteiger partial charge on any atom is 0.180 e. The van der Waals surface area contributed by atoms with Crippen molar-refractivity contribution < 1.29 is 9.15 Å². The summed E-state index contributed by atoms with van der Waals surface area (Å²) in [7, 11) is 0. The van der Waals surface area contributed by atoms with E-state index in [1.807, 2.05) is 109 Å². The Hall–Kier alpha value is -9.33. The van der Waals surface area contributed by atoms with E-state index in [0.717, 1.165) is 100 Å². The first-order chi connectivity index (χ1) is 34.2. The summed E-state index contributed by atoms with van der Waals surface area (Å²) in [5.41, 5.74) is 15.9. The molecule has 7 heteroatoms. The zero-order valence-electron chi connectivity index (χ0n) is 36.9. The predicted octanol–water partition coefficient (Wildman–Crippen LogP) is 15.0. The molecule has 2 aliphatic rings. The second kappa shape index (κ2) is 15.4. The van der Waals surface area contributed by atoms with Gasteiger partial charge < -0.3 is 9.15 Å². The molecule has 9 aromatic carbocycles. The largest absolute Gasteiger partial charge is 0.457 e. The van der Waals surface area contributed by atoms with Crippen LogP contribution in [0.3, 0.4) is 0 Å². The van der Waals surface area contributed by atoms with E-state index in [0.29, 0.717) is 28.9 Å². The zero-order chi connectivity index (χ0) is 45.5. The van der Waals surface area contributed by atoms with Crippen LogP contribution < -0.4 is 4.74 Å². The van der Waals surface area contributed by atoms with Gasteiger partial charge in [0, 0.05) is 44.3 Å². The maximum absolute atomic E-state index is 6.74. The Morgan fingerprint density at radius 1 is 0.333 bits per heavy atom. The number of para-hydroxylation sites is 3. The van der Waals surface area contributed by atoms with Crippen molar-refractivity contribution in [3.63, 3.8) is 0 Å². The number of benzene rings is 9. The molecule has 1 spiro atoms. The minimum Gasteiger partial charge on any atom is -0.457 e. The summed E-state index contributed by atoms with van der Waals surface area (Å²) >= 11 is 0. The van der Waals surface area contributed by atoms with Crippen LogP contribution in [0.4, 0.5) is 0 Å². The highest BCUT2D eigenvalue weighted by Gasteiger charge is 2.51. The van der Waals surface area contributed by atoms with Gasteiger partial charge in [-0.05, 0) is 63.7 Å². The standard InChI is InChI=1S/C62H37N5O2/c1-4-17-39(18-5-1)55-57-56(46-23-10-13-28-51(46)69-57)64-58(63-55)42-33-31-38(32-34-42)44-24-16-27-49-54(44)45-36-35-43(37-50(45)62(49)47-25-11-14-29-52(47)68-53-30-15-12-26-48(53)62)61-66-59(40-19-6-2-7-20-40)65-60(67-61)41-21-8-3-9-22-41/h1-37H. The molecule has 12 aromatic rings. The Balaban J connectivity index is 0.968. The monoisotopic (exact) mass is 883 g/mol. The number of aromatic nitrogens is 5. The van der Waals surface area contributed by atoms with Crippen LogP contribution in [0.1, 0.15) is 22.3 Å². The smallest absolute Gasteiger partial charge is 0.180 e. The van der Waals surface area contributed by atoms with Gasteiger partial charge in [-0.25, -0.2) is 24.9 Å². The number of rotatable bonds is 6. The molecule has 3 aromatic heterocycles. The molecule has 1 aliphatic carbocycles. The summed E-state index contributed by atoms with van der Waals surface area (Å²) in [6.45, 7) is 0. The fraction of sp³-hybridized carbons (Fsp3) is 0.0161. The summed E-state index contributed by atoms with van der Waals surface area (Å²) in [4.78, 5) is 25.7. The average Bonchev–Trinajstić information content (AvgIpc) is 3.95. The SMILES string of the molecule is c1ccc(-c2nc(-c3ccccc3)nc(-c3ccc4c(c3)C3(c5ccccc5Oc5ccccc53)c3cccc(-c5ccc(-c6nc(-c7ccccc7)c7oc8ccccc8c7n6)cc5)c3-4)n2)cc1. The molecule has 0 saturated heterocycles. The lowest BCUT2D eigenvalue weighted by atomic mass is 9.66. The van der Waals surface area contributed by atoms with Gasteiger partial charge in [0.1, 0.15) is 28.3 Å². The molecule has 0 radical (unpaired) electrons. The maximum atomic E-state index is 6.74. The van der Waals surface area contributed by atoms with E-state index < -0.39 is 5.41 Å². The number of furan rings is 1. The number of hydrogen-bond donors (Lipinski definition) is 0. The lowest BCUT2D eigenvalue weighted by Crippen LogP contribution is -2.32. The number of nitrogens with zero attached hydrogens (tertiary/aromatic N) is 5. The second-order valence-corrected chi connectivity index (χ2v) is 17.5. The molecule has 7 nitrogen and oxygen atoms in total. The van der Waals surface area contributed by atoms with Crippen LogP contribution in [-0.4, -0.2) is 24.9 Å². The summed E-state index contributed by atoms with van der Waals surface area (Å²) in [6, 6.07) is 77.5. The minimum absolute atomic E-state index is 0.598. The van der Waals surface area contributed by atoms with E-state index in [1.54, 1.807) is 0 Å². The molecule has 0 unspecified atom stereocenters. The molecule has 0 atom stereocenters. The summed E-state index contributed by atoms with van der Waals surface area (Å²) in [5.74, 6) is 4.11. The van der Waals surface area contributed by atoms with E-state index in [9.17, 15) is 0 Å². The molecule has 0 fully saturated rings. The third kappa shape index (κ3) is 6.04. The first-order valence-electron chi connectivity index (χ1n) is 23.1. The second-order valence-electron chi connectivity index (χ2n) is 17.5. The van der Waals surface area contributed by atoms with Gasteiger partial charge in [-0.1, -0.05) is 194 Å². The highest BCUT2D eigenvalue weighted by atomic mass is 16.5. The van der Waals surface area contributed by atoms with Crippen LogP contribution >= 0.6 is 0 Å². The highest BCUT2D eigenvalue weighted by Crippen LogP contribution is 2.63. The van der Waals surface area contributed by atoms with Gasteiger partial charge in [0.15, 0.2) is 28.9 Å². The van der Waals surface area contributed by atoms with Crippen LogP contribution in [0.25, 0.3) is 101 Å². The average molecular weight is 884 g/mol. The van der Waals surface area contributed by atoms with Crippen LogP contribution in [0, 0.1) is 0 Å². The molecule has 0 N–H and O–H groups in total. The van der Waals surface area contributed by atoms with Gasteiger partial charge in [-0.3, -0.25) is 0 Å². The molecular weight excluding hydrogens is 847 g/mol.